The molecular weight excluding hydrogens is 264 g/mol. The van der Waals surface area contributed by atoms with Crippen LogP contribution in [0.5, 0.6) is 0 Å². The van der Waals surface area contributed by atoms with Gasteiger partial charge in [-0.05, 0) is 57.7 Å². The maximum absolute atomic E-state index is 12.0. The molecular formula is C17H26N2O2. The molecule has 3 N–H and O–H groups in total. The Morgan fingerprint density at radius 2 is 2.05 bits per heavy atom. The molecule has 4 nitrogen and oxygen atoms in total. The highest BCUT2D eigenvalue weighted by molar-refractivity contribution is 6.05. The molecule has 116 valence electrons. The lowest BCUT2D eigenvalue weighted by atomic mass is 9.85. The second-order valence-electron chi connectivity index (χ2n) is 6.54. The molecule has 0 saturated heterocycles. The van der Waals surface area contributed by atoms with E-state index in [4.69, 9.17) is 5.11 Å². The van der Waals surface area contributed by atoms with Gasteiger partial charge in [0.1, 0.15) is 0 Å². The van der Waals surface area contributed by atoms with Gasteiger partial charge >= 0.3 is 0 Å². The van der Waals surface area contributed by atoms with Gasteiger partial charge in [0.15, 0.2) is 0 Å². The summed E-state index contributed by atoms with van der Waals surface area (Å²) in [5.74, 6) is 0.0616. The number of aliphatic hydroxyl groups is 1. The van der Waals surface area contributed by atoms with Crippen LogP contribution in [0.25, 0.3) is 0 Å². The summed E-state index contributed by atoms with van der Waals surface area (Å²) in [6.07, 6.45) is 1.77. The Morgan fingerprint density at radius 1 is 1.33 bits per heavy atom. The highest BCUT2D eigenvalue weighted by Crippen LogP contribution is 2.38. The van der Waals surface area contributed by atoms with Crippen LogP contribution in [0, 0.1) is 0 Å². The Hall–Kier alpha value is -1.39. The van der Waals surface area contributed by atoms with E-state index in [9.17, 15) is 4.79 Å². The molecule has 1 aliphatic rings. The van der Waals surface area contributed by atoms with Crippen molar-refractivity contribution in [3.05, 3.63) is 29.3 Å². The van der Waals surface area contributed by atoms with E-state index in [0.29, 0.717) is 6.04 Å². The van der Waals surface area contributed by atoms with E-state index < -0.39 is 5.41 Å². The summed E-state index contributed by atoms with van der Waals surface area (Å²) >= 11 is 0. The molecule has 4 heteroatoms. The molecule has 0 radical (unpaired) electrons. The molecule has 0 aromatic heterocycles. The monoisotopic (exact) mass is 290 g/mol. The number of fused-ring (bicyclic) bond motifs is 1. The summed E-state index contributed by atoms with van der Waals surface area (Å²) < 4.78 is 0. The third kappa shape index (κ3) is 3.27. The number of amides is 1. The van der Waals surface area contributed by atoms with Gasteiger partial charge in [0.2, 0.25) is 5.91 Å². The third-order valence-electron chi connectivity index (χ3n) is 4.36. The summed E-state index contributed by atoms with van der Waals surface area (Å²) in [4.78, 5) is 12.0. The predicted octanol–water partition coefficient (Wildman–Crippen LogP) is 2.73. The SMILES string of the molecule is CC(CCCO)NC(C)c1ccc2c(c1)C(C)(C)C(=O)N2. The van der Waals surface area contributed by atoms with E-state index in [2.05, 4.69) is 36.6 Å². The van der Waals surface area contributed by atoms with Crippen molar-refractivity contribution in [2.24, 2.45) is 0 Å². The van der Waals surface area contributed by atoms with Gasteiger partial charge in [0.05, 0.1) is 5.41 Å². The molecule has 1 aliphatic heterocycles. The number of aliphatic hydroxyl groups excluding tert-OH is 1. The molecule has 0 bridgehead atoms. The lowest BCUT2D eigenvalue weighted by Gasteiger charge is -2.22. The molecule has 0 fully saturated rings. The average molecular weight is 290 g/mol. The van der Waals surface area contributed by atoms with Gasteiger partial charge in [-0.3, -0.25) is 4.79 Å². The fourth-order valence-electron chi connectivity index (χ4n) is 2.86. The Kier molecular flexibility index (Phi) is 4.69. The van der Waals surface area contributed by atoms with Gasteiger partial charge in [0.25, 0.3) is 0 Å². The maximum atomic E-state index is 12.0. The molecule has 21 heavy (non-hydrogen) atoms. The highest BCUT2D eigenvalue weighted by atomic mass is 16.2. The molecule has 2 atom stereocenters. The number of benzene rings is 1. The van der Waals surface area contributed by atoms with Gasteiger partial charge in [-0.2, -0.15) is 0 Å². The molecule has 2 rings (SSSR count). The van der Waals surface area contributed by atoms with Crippen molar-refractivity contribution < 1.29 is 9.90 Å². The van der Waals surface area contributed by atoms with Gasteiger partial charge in [-0.25, -0.2) is 0 Å². The normalized spacial score (nSPS) is 19.0. The summed E-state index contributed by atoms with van der Waals surface area (Å²) in [6, 6.07) is 6.76. The Bertz CT molecular complexity index is 526. The number of hydrogen-bond acceptors (Lipinski definition) is 3. The van der Waals surface area contributed by atoms with E-state index in [1.807, 2.05) is 19.9 Å². The lowest BCUT2D eigenvalue weighted by molar-refractivity contribution is -0.119. The maximum Gasteiger partial charge on any atom is 0.234 e. The van der Waals surface area contributed by atoms with E-state index in [0.717, 1.165) is 24.1 Å². The van der Waals surface area contributed by atoms with Gasteiger partial charge in [0, 0.05) is 24.4 Å². The van der Waals surface area contributed by atoms with Crippen molar-refractivity contribution in [1.82, 2.24) is 5.32 Å². The number of carbonyl (C=O) groups excluding carboxylic acids is 1. The Labute approximate surface area is 126 Å². The van der Waals surface area contributed by atoms with Crippen LogP contribution < -0.4 is 10.6 Å². The minimum absolute atomic E-state index is 0.0616. The smallest absolute Gasteiger partial charge is 0.234 e. The molecule has 1 heterocycles. The van der Waals surface area contributed by atoms with Crippen molar-refractivity contribution in [2.75, 3.05) is 11.9 Å². The van der Waals surface area contributed by atoms with Gasteiger partial charge in [-0.15, -0.1) is 0 Å². The van der Waals surface area contributed by atoms with Gasteiger partial charge < -0.3 is 15.7 Å². The fraction of sp³-hybridized carbons (Fsp3) is 0.588. The number of anilines is 1. The molecule has 1 aromatic carbocycles. The van der Waals surface area contributed by atoms with Crippen LogP contribution in [0.3, 0.4) is 0 Å². The average Bonchev–Trinajstić information content (AvgIpc) is 2.66. The van der Waals surface area contributed by atoms with E-state index >= 15 is 0 Å². The van der Waals surface area contributed by atoms with Crippen LogP contribution in [-0.2, 0) is 10.2 Å². The second-order valence-corrected chi connectivity index (χ2v) is 6.54. The van der Waals surface area contributed by atoms with Crippen LogP contribution in [0.4, 0.5) is 5.69 Å². The van der Waals surface area contributed by atoms with E-state index in [1.165, 1.54) is 5.56 Å². The van der Waals surface area contributed by atoms with E-state index in [-0.39, 0.29) is 18.6 Å². The van der Waals surface area contributed by atoms with Crippen LogP contribution in [0.15, 0.2) is 18.2 Å². The largest absolute Gasteiger partial charge is 0.396 e. The first-order valence-electron chi connectivity index (χ1n) is 7.69. The fourth-order valence-corrected chi connectivity index (χ4v) is 2.86. The third-order valence-corrected chi connectivity index (χ3v) is 4.36. The first-order valence-corrected chi connectivity index (χ1v) is 7.69. The van der Waals surface area contributed by atoms with Crippen LogP contribution in [0.1, 0.15) is 57.7 Å². The number of nitrogens with one attached hydrogen (secondary N) is 2. The van der Waals surface area contributed by atoms with Crippen molar-refractivity contribution in [1.29, 1.82) is 0 Å². The molecule has 2 unspecified atom stereocenters. The van der Waals surface area contributed by atoms with Crippen molar-refractivity contribution in [3.8, 4) is 0 Å². The van der Waals surface area contributed by atoms with Crippen LogP contribution in [-0.4, -0.2) is 23.7 Å². The standard InChI is InChI=1S/C17H26N2O2/c1-11(6-5-9-20)18-12(2)13-7-8-15-14(10-13)17(3,4)16(21)19-15/h7-8,10-12,18,20H,5-6,9H2,1-4H3,(H,19,21). The minimum atomic E-state index is -0.465. The van der Waals surface area contributed by atoms with Crippen LogP contribution in [0.2, 0.25) is 0 Å². The second kappa shape index (κ2) is 6.16. The number of hydrogen-bond donors (Lipinski definition) is 3. The van der Waals surface area contributed by atoms with Crippen molar-refractivity contribution >= 4 is 11.6 Å². The molecule has 1 aromatic rings. The quantitative estimate of drug-likeness (QED) is 0.755. The lowest BCUT2D eigenvalue weighted by Crippen LogP contribution is -2.29. The number of rotatable bonds is 6. The molecule has 0 aliphatic carbocycles. The summed E-state index contributed by atoms with van der Waals surface area (Å²) in [5, 5.41) is 15.4. The summed E-state index contributed by atoms with van der Waals surface area (Å²) in [7, 11) is 0. The van der Waals surface area contributed by atoms with E-state index in [1.54, 1.807) is 0 Å². The molecule has 0 spiro atoms. The molecule has 0 saturated carbocycles. The van der Waals surface area contributed by atoms with Crippen LogP contribution >= 0.6 is 0 Å². The zero-order chi connectivity index (χ0) is 15.6. The summed E-state index contributed by atoms with van der Waals surface area (Å²) in [6.45, 7) is 8.42. The first kappa shape index (κ1) is 16.0. The van der Waals surface area contributed by atoms with Gasteiger partial charge in [-0.1, -0.05) is 12.1 Å². The Balaban J connectivity index is 2.12. The zero-order valence-corrected chi connectivity index (χ0v) is 13.4. The Morgan fingerprint density at radius 3 is 2.71 bits per heavy atom. The number of carbonyl (C=O) groups is 1. The zero-order valence-electron chi connectivity index (χ0n) is 13.4. The van der Waals surface area contributed by atoms with Crippen molar-refractivity contribution in [2.45, 2.75) is 58.0 Å². The topological polar surface area (TPSA) is 61.4 Å². The molecule has 1 amide bonds. The minimum Gasteiger partial charge on any atom is -0.396 e. The van der Waals surface area contributed by atoms with Crippen molar-refractivity contribution in [3.63, 3.8) is 0 Å². The highest BCUT2D eigenvalue weighted by Gasteiger charge is 2.38. The first-order chi connectivity index (χ1) is 9.86. The summed E-state index contributed by atoms with van der Waals surface area (Å²) in [5.41, 5.74) is 2.72. The predicted molar refractivity (Wildman–Crippen MR) is 85.4 cm³/mol.